The maximum atomic E-state index is 11.7. The Morgan fingerprint density at radius 1 is 1.47 bits per heavy atom. The molecule has 84 valence electrons. The van der Waals surface area contributed by atoms with Gasteiger partial charge in [0.25, 0.3) is 0 Å². The van der Waals surface area contributed by atoms with Crippen molar-refractivity contribution in [2.75, 3.05) is 13.1 Å². The van der Waals surface area contributed by atoms with Crippen molar-refractivity contribution in [2.45, 2.75) is 25.7 Å². The Balaban J connectivity index is 2.41. The van der Waals surface area contributed by atoms with Crippen LogP contribution in [0.3, 0.4) is 0 Å². The van der Waals surface area contributed by atoms with E-state index in [1.165, 1.54) is 11.3 Å². The average molecular weight is 211 g/mol. The number of hydrogen-bond donors (Lipinski definition) is 1. The van der Waals surface area contributed by atoms with E-state index in [9.17, 15) is 9.59 Å². The van der Waals surface area contributed by atoms with Gasteiger partial charge in [0.15, 0.2) is 0 Å². The summed E-state index contributed by atoms with van der Waals surface area (Å²) in [6.45, 7) is 3.61. The average Bonchev–Trinajstić information content (AvgIpc) is 2.09. The van der Waals surface area contributed by atoms with Gasteiger partial charge in [-0.25, -0.2) is 0 Å². The maximum Gasteiger partial charge on any atom is 0.323 e. The maximum absolute atomic E-state index is 11.7. The fourth-order valence-corrected chi connectivity index (χ4v) is 1.65. The topological polar surface area (TPSA) is 57.6 Å². The van der Waals surface area contributed by atoms with Gasteiger partial charge >= 0.3 is 5.97 Å². The first kappa shape index (κ1) is 11.8. The molecule has 1 aliphatic carbocycles. The highest BCUT2D eigenvalue weighted by Crippen LogP contribution is 2.29. The van der Waals surface area contributed by atoms with Crippen LogP contribution in [-0.4, -0.2) is 35.0 Å². The second-order valence-corrected chi connectivity index (χ2v) is 3.96. The summed E-state index contributed by atoms with van der Waals surface area (Å²) in [7, 11) is 0. The van der Waals surface area contributed by atoms with Crippen molar-refractivity contribution in [3.05, 3.63) is 12.7 Å². The van der Waals surface area contributed by atoms with Crippen LogP contribution in [0.5, 0.6) is 0 Å². The first-order chi connectivity index (χ1) is 7.13. The molecule has 1 N–H and O–H groups in total. The first-order valence-electron chi connectivity index (χ1n) is 5.24. The summed E-state index contributed by atoms with van der Waals surface area (Å²) in [5.74, 6) is -0.570. The zero-order valence-corrected chi connectivity index (χ0v) is 8.82. The van der Waals surface area contributed by atoms with Crippen molar-refractivity contribution in [3.63, 3.8) is 0 Å². The van der Waals surface area contributed by atoms with Crippen LogP contribution in [0.15, 0.2) is 12.7 Å². The summed E-state index contributed by atoms with van der Waals surface area (Å²) in [5, 5.41) is 8.64. The molecule has 0 saturated heterocycles. The predicted molar refractivity (Wildman–Crippen MR) is 56.4 cm³/mol. The standard InChI is InChI=1S/C11H17NO3/c1-2-6-12(8-11(14)15)10(13)7-9-4-3-5-9/h2,9H,1,3-8H2,(H,14,15). The molecule has 1 amide bonds. The quantitative estimate of drug-likeness (QED) is 0.673. The van der Waals surface area contributed by atoms with Crippen LogP contribution in [-0.2, 0) is 9.59 Å². The molecule has 0 aromatic carbocycles. The first-order valence-corrected chi connectivity index (χ1v) is 5.24. The van der Waals surface area contributed by atoms with E-state index in [1.54, 1.807) is 6.08 Å². The monoisotopic (exact) mass is 211 g/mol. The molecule has 1 rings (SSSR count). The van der Waals surface area contributed by atoms with Gasteiger partial charge in [0.05, 0.1) is 0 Å². The molecule has 0 atom stereocenters. The minimum Gasteiger partial charge on any atom is -0.480 e. The summed E-state index contributed by atoms with van der Waals surface area (Å²) in [5.41, 5.74) is 0. The molecule has 4 heteroatoms. The molecule has 15 heavy (non-hydrogen) atoms. The van der Waals surface area contributed by atoms with Crippen molar-refractivity contribution >= 4 is 11.9 Å². The zero-order chi connectivity index (χ0) is 11.3. The Morgan fingerprint density at radius 3 is 2.53 bits per heavy atom. The minimum atomic E-state index is -0.973. The summed E-state index contributed by atoms with van der Waals surface area (Å²) in [6, 6.07) is 0. The molecule has 4 nitrogen and oxygen atoms in total. The van der Waals surface area contributed by atoms with E-state index >= 15 is 0 Å². The number of rotatable bonds is 6. The van der Waals surface area contributed by atoms with Gasteiger partial charge in [-0.2, -0.15) is 0 Å². The second-order valence-electron chi connectivity index (χ2n) is 3.96. The number of nitrogens with zero attached hydrogens (tertiary/aromatic N) is 1. The molecule has 0 unspecified atom stereocenters. The number of hydrogen-bond acceptors (Lipinski definition) is 2. The van der Waals surface area contributed by atoms with Gasteiger partial charge in [-0.3, -0.25) is 9.59 Å². The molecule has 0 spiro atoms. The Morgan fingerprint density at radius 2 is 2.13 bits per heavy atom. The fourth-order valence-electron chi connectivity index (χ4n) is 1.65. The van der Waals surface area contributed by atoms with Gasteiger partial charge in [-0.1, -0.05) is 12.5 Å². The molecule has 1 aliphatic rings. The molecule has 1 saturated carbocycles. The van der Waals surface area contributed by atoms with E-state index in [0.29, 0.717) is 18.9 Å². The van der Waals surface area contributed by atoms with Gasteiger partial charge in [0.1, 0.15) is 6.54 Å². The van der Waals surface area contributed by atoms with Crippen molar-refractivity contribution in [3.8, 4) is 0 Å². The third-order valence-corrected chi connectivity index (χ3v) is 2.72. The van der Waals surface area contributed by atoms with Crippen LogP contribution >= 0.6 is 0 Å². The summed E-state index contributed by atoms with van der Waals surface area (Å²) < 4.78 is 0. The summed E-state index contributed by atoms with van der Waals surface area (Å²) in [4.78, 5) is 23.6. The lowest BCUT2D eigenvalue weighted by Crippen LogP contribution is -2.37. The fraction of sp³-hybridized carbons (Fsp3) is 0.636. The van der Waals surface area contributed by atoms with Gasteiger partial charge in [-0.15, -0.1) is 6.58 Å². The third kappa shape index (κ3) is 3.73. The molecule has 0 aromatic heterocycles. The normalized spacial score (nSPS) is 15.5. The number of carbonyl (C=O) groups excluding carboxylic acids is 1. The van der Waals surface area contributed by atoms with Gasteiger partial charge in [-0.05, 0) is 18.8 Å². The van der Waals surface area contributed by atoms with Crippen molar-refractivity contribution in [2.24, 2.45) is 5.92 Å². The molecular weight excluding hydrogens is 194 g/mol. The summed E-state index contributed by atoms with van der Waals surface area (Å²) in [6.07, 6.45) is 5.43. The van der Waals surface area contributed by atoms with Crippen LogP contribution in [0.4, 0.5) is 0 Å². The second kappa shape index (κ2) is 5.53. The zero-order valence-electron chi connectivity index (χ0n) is 8.82. The predicted octanol–water partition coefficient (Wildman–Crippen LogP) is 1.28. The minimum absolute atomic E-state index is 0.0676. The Labute approximate surface area is 89.6 Å². The van der Waals surface area contributed by atoms with E-state index in [-0.39, 0.29) is 12.5 Å². The molecule has 1 fully saturated rings. The lowest BCUT2D eigenvalue weighted by atomic mass is 9.82. The third-order valence-electron chi connectivity index (χ3n) is 2.72. The van der Waals surface area contributed by atoms with Crippen molar-refractivity contribution in [1.29, 1.82) is 0 Å². The highest BCUT2D eigenvalue weighted by atomic mass is 16.4. The number of amides is 1. The van der Waals surface area contributed by atoms with E-state index < -0.39 is 5.97 Å². The number of carboxylic acid groups (broad SMARTS) is 1. The van der Waals surface area contributed by atoms with E-state index in [2.05, 4.69) is 6.58 Å². The lowest BCUT2D eigenvalue weighted by Gasteiger charge is -2.27. The molecule has 0 aromatic rings. The van der Waals surface area contributed by atoms with Gasteiger partial charge < -0.3 is 10.0 Å². The number of carboxylic acids is 1. The highest BCUT2D eigenvalue weighted by molar-refractivity contribution is 5.81. The SMILES string of the molecule is C=CCN(CC(=O)O)C(=O)CC1CCC1. The summed E-state index contributed by atoms with van der Waals surface area (Å²) >= 11 is 0. The molecule has 0 heterocycles. The van der Waals surface area contributed by atoms with Crippen LogP contribution in [0.1, 0.15) is 25.7 Å². The smallest absolute Gasteiger partial charge is 0.323 e. The largest absolute Gasteiger partial charge is 0.480 e. The molecular formula is C11H17NO3. The van der Waals surface area contributed by atoms with Crippen molar-refractivity contribution in [1.82, 2.24) is 4.90 Å². The Bertz CT molecular complexity index is 259. The van der Waals surface area contributed by atoms with Crippen LogP contribution in [0.2, 0.25) is 0 Å². The van der Waals surface area contributed by atoms with E-state index in [4.69, 9.17) is 5.11 Å². The molecule has 0 radical (unpaired) electrons. The molecule has 0 aliphatic heterocycles. The van der Waals surface area contributed by atoms with E-state index in [1.807, 2.05) is 0 Å². The number of carbonyl (C=O) groups is 2. The Hall–Kier alpha value is -1.32. The van der Waals surface area contributed by atoms with Crippen LogP contribution < -0.4 is 0 Å². The van der Waals surface area contributed by atoms with E-state index in [0.717, 1.165) is 12.8 Å². The van der Waals surface area contributed by atoms with Crippen LogP contribution in [0.25, 0.3) is 0 Å². The number of aliphatic carboxylic acids is 1. The Kier molecular flexibility index (Phi) is 4.34. The van der Waals surface area contributed by atoms with Crippen LogP contribution in [0, 0.1) is 5.92 Å². The highest BCUT2D eigenvalue weighted by Gasteiger charge is 2.24. The van der Waals surface area contributed by atoms with Crippen molar-refractivity contribution < 1.29 is 14.7 Å². The van der Waals surface area contributed by atoms with Gasteiger partial charge in [0.2, 0.25) is 5.91 Å². The van der Waals surface area contributed by atoms with Gasteiger partial charge in [0, 0.05) is 13.0 Å². The lowest BCUT2D eigenvalue weighted by molar-refractivity contribution is -0.144. The molecule has 0 bridgehead atoms.